The fourth-order valence-electron chi connectivity index (χ4n) is 1.90. The molecule has 2 aromatic rings. The monoisotopic (exact) mass is 252 g/mol. The highest BCUT2D eigenvalue weighted by Crippen LogP contribution is 2.27. The summed E-state index contributed by atoms with van der Waals surface area (Å²) in [4.78, 5) is 28.2. The first kappa shape index (κ1) is 10.3. The van der Waals surface area contributed by atoms with E-state index in [1.165, 1.54) is 11.2 Å². The number of imidazole rings is 1. The number of nitrogens with one attached hydrogen (secondary N) is 1. The van der Waals surface area contributed by atoms with Crippen LogP contribution in [0.3, 0.4) is 0 Å². The number of hydrogen-bond donors (Lipinski definition) is 2. The highest BCUT2D eigenvalue weighted by molar-refractivity contribution is 6.24. The van der Waals surface area contributed by atoms with Crippen molar-refractivity contribution in [2.24, 2.45) is 0 Å². The number of carbonyl (C=O) groups excluding carboxylic acids is 1. The highest BCUT2D eigenvalue weighted by atomic mass is 35.5. The van der Waals surface area contributed by atoms with Crippen LogP contribution in [0.4, 0.5) is 11.8 Å². The molecule has 0 spiro atoms. The van der Waals surface area contributed by atoms with Gasteiger partial charge in [0.15, 0.2) is 11.5 Å². The predicted molar refractivity (Wildman–Crippen MR) is 62.7 cm³/mol. The van der Waals surface area contributed by atoms with Gasteiger partial charge in [-0.3, -0.25) is 9.69 Å². The number of hydrogen-bond acceptors (Lipinski definition) is 5. The number of anilines is 2. The molecule has 7 nitrogen and oxygen atoms in total. The van der Waals surface area contributed by atoms with Crippen molar-refractivity contribution in [2.45, 2.75) is 11.8 Å². The van der Waals surface area contributed by atoms with Crippen molar-refractivity contribution in [1.82, 2.24) is 19.9 Å². The van der Waals surface area contributed by atoms with Crippen molar-refractivity contribution >= 4 is 40.4 Å². The van der Waals surface area contributed by atoms with Crippen LogP contribution in [0.2, 0.25) is 0 Å². The summed E-state index contributed by atoms with van der Waals surface area (Å²) in [6.07, 6.45) is 1.79. The standard InChI is InChI=1S/C9H9ClN6O/c10-4-1-5(17)16(2-4)8-6-7(13-3-12-6)14-9(11)15-8/h3-4H,1-2H2,(H3,11,12,13,14,15). The molecule has 1 aliphatic heterocycles. The first-order chi connectivity index (χ1) is 8.15. The van der Waals surface area contributed by atoms with Gasteiger partial charge in [0.1, 0.15) is 5.52 Å². The number of halogens is 1. The number of rotatable bonds is 1. The quantitative estimate of drug-likeness (QED) is 0.710. The van der Waals surface area contributed by atoms with Gasteiger partial charge < -0.3 is 10.7 Å². The lowest BCUT2D eigenvalue weighted by molar-refractivity contribution is -0.117. The third kappa shape index (κ3) is 1.59. The topological polar surface area (TPSA) is 101 Å². The molecule has 3 rings (SSSR count). The zero-order chi connectivity index (χ0) is 12.0. The molecule has 1 atom stereocenters. The molecular formula is C9H9ClN6O. The number of nitrogens with two attached hydrogens (primary N) is 1. The van der Waals surface area contributed by atoms with Crippen molar-refractivity contribution in [1.29, 1.82) is 0 Å². The molecule has 0 aliphatic carbocycles. The summed E-state index contributed by atoms with van der Waals surface area (Å²) in [5, 5.41) is -0.198. The summed E-state index contributed by atoms with van der Waals surface area (Å²) in [5.74, 6) is 0.461. The normalized spacial score (nSPS) is 20.4. The fourth-order valence-corrected chi connectivity index (χ4v) is 2.17. The Balaban J connectivity index is 2.16. The average molecular weight is 253 g/mol. The summed E-state index contributed by atoms with van der Waals surface area (Å²) in [6.45, 7) is 0.422. The third-order valence-corrected chi connectivity index (χ3v) is 2.91. The molecule has 3 heterocycles. The second-order valence-corrected chi connectivity index (χ2v) is 4.43. The number of fused-ring (bicyclic) bond motifs is 1. The molecule has 1 saturated heterocycles. The molecule has 0 saturated carbocycles. The molecule has 2 aromatic heterocycles. The van der Waals surface area contributed by atoms with Crippen molar-refractivity contribution < 1.29 is 4.79 Å². The van der Waals surface area contributed by atoms with Gasteiger partial charge in [0.05, 0.1) is 11.7 Å². The second kappa shape index (κ2) is 3.56. The van der Waals surface area contributed by atoms with E-state index < -0.39 is 0 Å². The zero-order valence-electron chi connectivity index (χ0n) is 8.72. The van der Waals surface area contributed by atoms with Crippen LogP contribution >= 0.6 is 11.6 Å². The Hall–Kier alpha value is -1.89. The van der Waals surface area contributed by atoms with Crippen molar-refractivity contribution in [2.75, 3.05) is 17.2 Å². The minimum absolute atomic E-state index is 0.0704. The highest BCUT2D eigenvalue weighted by Gasteiger charge is 2.31. The van der Waals surface area contributed by atoms with E-state index in [0.29, 0.717) is 29.9 Å². The first-order valence-corrected chi connectivity index (χ1v) is 5.50. The molecule has 1 amide bonds. The Kier molecular flexibility index (Phi) is 2.15. The molecule has 1 fully saturated rings. The molecule has 8 heteroatoms. The summed E-state index contributed by atoms with van der Waals surface area (Å²) in [7, 11) is 0. The van der Waals surface area contributed by atoms with E-state index in [-0.39, 0.29) is 17.2 Å². The smallest absolute Gasteiger partial charge is 0.229 e. The van der Waals surface area contributed by atoms with Crippen LogP contribution in [0.25, 0.3) is 11.2 Å². The third-order valence-electron chi connectivity index (χ3n) is 2.62. The zero-order valence-corrected chi connectivity index (χ0v) is 9.48. The minimum Gasteiger partial charge on any atom is -0.368 e. The van der Waals surface area contributed by atoms with Crippen LogP contribution in [0.1, 0.15) is 6.42 Å². The maximum Gasteiger partial charge on any atom is 0.229 e. The Bertz CT molecular complexity index is 596. The predicted octanol–water partition coefficient (Wildman–Crippen LogP) is 0.279. The van der Waals surface area contributed by atoms with Gasteiger partial charge >= 0.3 is 0 Å². The van der Waals surface area contributed by atoms with Gasteiger partial charge in [0.25, 0.3) is 0 Å². The molecule has 1 unspecified atom stereocenters. The van der Waals surface area contributed by atoms with Gasteiger partial charge in [0.2, 0.25) is 11.9 Å². The van der Waals surface area contributed by atoms with Gasteiger partial charge in [0, 0.05) is 13.0 Å². The molecular weight excluding hydrogens is 244 g/mol. The number of carbonyl (C=O) groups is 1. The first-order valence-electron chi connectivity index (χ1n) is 5.06. The van der Waals surface area contributed by atoms with E-state index in [4.69, 9.17) is 17.3 Å². The van der Waals surface area contributed by atoms with E-state index in [1.54, 1.807) is 0 Å². The van der Waals surface area contributed by atoms with E-state index in [9.17, 15) is 4.79 Å². The number of aromatic nitrogens is 4. The van der Waals surface area contributed by atoms with Crippen LogP contribution in [-0.2, 0) is 4.79 Å². The van der Waals surface area contributed by atoms with Crippen molar-refractivity contribution in [3.05, 3.63) is 6.33 Å². The minimum atomic E-state index is -0.198. The molecule has 1 aliphatic rings. The van der Waals surface area contributed by atoms with Crippen LogP contribution < -0.4 is 10.6 Å². The van der Waals surface area contributed by atoms with E-state index in [2.05, 4.69) is 19.9 Å². The maximum atomic E-state index is 11.8. The summed E-state index contributed by atoms with van der Waals surface area (Å²) in [6, 6.07) is 0. The molecule has 0 aromatic carbocycles. The molecule has 0 bridgehead atoms. The Morgan fingerprint density at radius 3 is 3.06 bits per heavy atom. The number of nitrogen functional groups attached to an aromatic ring is 1. The Morgan fingerprint density at radius 2 is 2.35 bits per heavy atom. The lowest BCUT2D eigenvalue weighted by Crippen LogP contribution is -2.26. The molecule has 3 N–H and O–H groups in total. The van der Waals surface area contributed by atoms with Crippen molar-refractivity contribution in [3.8, 4) is 0 Å². The number of nitrogens with zero attached hydrogens (tertiary/aromatic N) is 4. The fraction of sp³-hybridized carbons (Fsp3) is 0.333. The lowest BCUT2D eigenvalue weighted by Gasteiger charge is -2.15. The van der Waals surface area contributed by atoms with Gasteiger partial charge in [-0.25, -0.2) is 4.98 Å². The van der Waals surface area contributed by atoms with Crippen LogP contribution in [0, 0.1) is 0 Å². The second-order valence-electron chi connectivity index (χ2n) is 3.81. The number of H-pyrrole nitrogens is 1. The van der Waals surface area contributed by atoms with E-state index >= 15 is 0 Å². The van der Waals surface area contributed by atoms with Crippen LogP contribution in [0.5, 0.6) is 0 Å². The van der Waals surface area contributed by atoms with Gasteiger partial charge in [-0.2, -0.15) is 9.97 Å². The van der Waals surface area contributed by atoms with E-state index in [1.807, 2.05) is 0 Å². The van der Waals surface area contributed by atoms with Gasteiger partial charge in [-0.05, 0) is 0 Å². The SMILES string of the molecule is Nc1nc(N2CC(Cl)CC2=O)c2[nH]cnc2n1. The summed E-state index contributed by atoms with van der Waals surface area (Å²) >= 11 is 5.95. The molecule has 0 radical (unpaired) electrons. The average Bonchev–Trinajstić information content (AvgIpc) is 2.83. The number of amides is 1. The van der Waals surface area contributed by atoms with E-state index in [0.717, 1.165) is 0 Å². The summed E-state index contributed by atoms with van der Waals surface area (Å²) in [5.41, 5.74) is 6.62. The Labute approximate surface area is 101 Å². The van der Waals surface area contributed by atoms with Crippen LogP contribution in [-0.4, -0.2) is 37.8 Å². The Morgan fingerprint density at radius 1 is 1.53 bits per heavy atom. The molecule has 17 heavy (non-hydrogen) atoms. The molecule has 88 valence electrons. The summed E-state index contributed by atoms with van der Waals surface area (Å²) < 4.78 is 0. The largest absolute Gasteiger partial charge is 0.368 e. The maximum absolute atomic E-state index is 11.8. The number of aromatic amines is 1. The van der Waals surface area contributed by atoms with Gasteiger partial charge in [-0.1, -0.05) is 0 Å². The van der Waals surface area contributed by atoms with Crippen LogP contribution in [0.15, 0.2) is 6.33 Å². The number of alkyl halides is 1. The lowest BCUT2D eigenvalue weighted by atomic mass is 10.4. The van der Waals surface area contributed by atoms with Crippen molar-refractivity contribution in [3.63, 3.8) is 0 Å². The van der Waals surface area contributed by atoms with Gasteiger partial charge in [-0.15, -0.1) is 11.6 Å².